The molecule has 1 aromatic carbocycles. The SMILES string of the molecule is FC(F)(F)c1cccc(Nc2cncc(Br)c2)c1. The van der Waals surface area contributed by atoms with Gasteiger partial charge in [-0.2, -0.15) is 13.2 Å². The molecule has 1 aromatic heterocycles. The van der Waals surface area contributed by atoms with Crippen LogP contribution in [0.3, 0.4) is 0 Å². The van der Waals surface area contributed by atoms with E-state index in [1.807, 2.05) is 0 Å². The molecule has 0 aliphatic carbocycles. The number of anilines is 2. The van der Waals surface area contributed by atoms with Crippen LogP contribution in [0.1, 0.15) is 5.56 Å². The summed E-state index contributed by atoms with van der Waals surface area (Å²) in [6.45, 7) is 0. The highest BCUT2D eigenvalue weighted by Crippen LogP contribution is 2.31. The zero-order chi connectivity index (χ0) is 13.2. The van der Waals surface area contributed by atoms with Crippen LogP contribution >= 0.6 is 15.9 Å². The summed E-state index contributed by atoms with van der Waals surface area (Å²) in [5.74, 6) is 0. The van der Waals surface area contributed by atoms with Gasteiger partial charge in [-0.3, -0.25) is 4.98 Å². The lowest BCUT2D eigenvalue weighted by atomic mass is 10.2. The van der Waals surface area contributed by atoms with Crippen molar-refractivity contribution in [1.82, 2.24) is 4.98 Å². The van der Waals surface area contributed by atoms with Crippen LogP contribution in [-0.2, 0) is 6.18 Å². The molecule has 2 nitrogen and oxygen atoms in total. The molecule has 0 unspecified atom stereocenters. The molecule has 0 bridgehead atoms. The fourth-order valence-electron chi connectivity index (χ4n) is 1.42. The number of alkyl halides is 3. The molecule has 0 aliphatic rings. The fraction of sp³-hybridized carbons (Fsp3) is 0.0833. The summed E-state index contributed by atoms with van der Waals surface area (Å²) in [6.07, 6.45) is -1.21. The van der Waals surface area contributed by atoms with Crippen LogP contribution in [0, 0.1) is 0 Å². The maximum Gasteiger partial charge on any atom is 0.416 e. The molecule has 0 spiro atoms. The number of halogens is 4. The molecule has 0 saturated heterocycles. The molecule has 94 valence electrons. The highest BCUT2D eigenvalue weighted by atomic mass is 79.9. The quantitative estimate of drug-likeness (QED) is 0.875. The predicted octanol–water partition coefficient (Wildman–Crippen LogP) is 4.61. The molecule has 0 amide bonds. The van der Waals surface area contributed by atoms with Crippen LogP contribution < -0.4 is 5.32 Å². The molecule has 0 fully saturated rings. The van der Waals surface area contributed by atoms with Crippen molar-refractivity contribution in [1.29, 1.82) is 0 Å². The Bertz CT molecular complexity index is 555. The van der Waals surface area contributed by atoms with Crippen molar-refractivity contribution in [3.8, 4) is 0 Å². The smallest absolute Gasteiger partial charge is 0.354 e. The van der Waals surface area contributed by atoms with Gasteiger partial charge in [0.05, 0.1) is 17.4 Å². The third kappa shape index (κ3) is 3.22. The van der Waals surface area contributed by atoms with E-state index in [4.69, 9.17) is 0 Å². The Kier molecular flexibility index (Phi) is 3.56. The third-order valence-electron chi connectivity index (χ3n) is 2.18. The Balaban J connectivity index is 2.25. The van der Waals surface area contributed by atoms with Crippen LogP contribution in [0.25, 0.3) is 0 Å². The maximum atomic E-state index is 12.5. The third-order valence-corrected chi connectivity index (χ3v) is 2.62. The van der Waals surface area contributed by atoms with Gasteiger partial charge in [-0.1, -0.05) is 6.07 Å². The summed E-state index contributed by atoms with van der Waals surface area (Å²) in [5.41, 5.74) is 0.295. The van der Waals surface area contributed by atoms with E-state index >= 15 is 0 Å². The zero-order valence-electron chi connectivity index (χ0n) is 9.00. The van der Waals surface area contributed by atoms with Crippen molar-refractivity contribution in [2.75, 3.05) is 5.32 Å². The minimum atomic E-state index is -4.34. The van der Waals surface area contributed by atoms with Crippen LogP contribution in [0.2, 0.25) is 0 Å². The number of nitrogens with one attached hydrogen (secondary N) is 1. The Morgan fingerprint density at radius 2 is 1.83 bits per heavy atom. The number of nitrogens with zero attached hydrogens (tertiary/aromatic N) is 1. The monoisotopic (exact) mass is 316 g/mol. The van der Waals surface area contributed by atoms with E-state index in [9.17, 15) is 13.2 Å². The highest BCUT2D eigenvalue weighted by Gasteiger charge is 2.30. The van der Waals surface area contributed by atoms with Crippen molar-refractivity contribution in [2.45, 2.75) is 6.18 Å². The van der Waals surface area contributed by atoms with Crippen molar-refractivity contribution in [3.05, 3.63) is 52.8 Å². The topological polar surface area (TPSA) is 24.9 Å². The molecular formula is C12H8BrF3N2. The molecule has 0 atom stereocenters. The van der Waals surface area contributed by atoms with Crippen molar-refractivity contribution in [2.24, 2.45) is 0 Å². The normalized spacial score (nSPS) is 11.3. The summed E-state index contributed by atoms with van der Waals surface area (Å²) in [6, 6.07) is 6.74. The fourth-order valence-corrected chi connectivity index (χ4v) is 1.79. The average molecular weight is 317 g/mol. The number of aromatic nitrogens is 1. The molecule has 2 rings (SSSR count). The van der Waals surface area contributed by atoms with Gasteiger partial charge in [0.2, 0.25) is 0 Å². The summed E-state index contributed by atoms with van der Waals surface area (Å²) in [5, 5.41) is 2.86. The van der Waals surface area contributed by atoms with Crippen molar-refractivity contribution >= 4 is 27.3 Å². The Morgan fingerprint density at radius 1 is 1.06 bits per heavy atom. The van der Waals surface area contributed by atoms with Gasteiger partial charge in [0.1, 0.15) is 0 Å². The molecule has 0 aliphatic heterocycles. The number of hydrogen-bond donors (Lipinski definition) is 1. The molecule has 2 aromatic rings. The first-order chi connectivity index (χ1) is 8.45. The van der Waals surface area contributed by atoms with E-state index in [0.717, 1.165) is 16.6 Å². The molecular weight excluding hydrogens is 309 g/mol. The van der Waals surface area contributed by atoms with Gasteiger partial charge < -0.3 is 5.32 Å². The minimum Gasteiger partial charge on any atom is -0.354 e. The van der Waals surface area contributed by atoms with Gasteiger partial charge in [0.15, 0.2) is 0 Å². The highest BCUT2D eigenvalue weighted by molar-refractivity contribution is 9.10. The molecule has 6 heteroatoms. The van der Waals surface area contributed by atoms with E-state index in [1.54, 1.807) is 18.3 Å². The lowest BCUT2D eigenvalue weighted by molar-refractivity contribution is -0.137. The van der Waals surface area contributed by atoms with Crippen molar-refractivity contribution < 1.29 is 13.2 Å². The van der Waals surface area contributed by atoms with Gasteiger partial charge >= 0.3 is 6.18 Å². The van der Waals surface area contributed by atoms with Gasteiger partial charge in [-0.15, -0.1) is 0 Å². The van der Waals surface area contributed by atoms with Crippen LogP contribution in [0.4, 0.5) is 24.5 Å². The first-order valence-electron chi connectivity index (χ1n) is 5.00. The van der Waals surface area contributed by atoms with Crippen LogP contribution in [0.15, 0.2) is 47.2 Å². The van der Waals surface area contributed by atoms with Crippen LogP contribution in [-0.4, -0.2) is 4.98 Å². The van der Waals surface area contributed by atoms with Gasteiger partial charge in [0.25, 0.3) is 0 Å². The first kappa shape index (κ1) is 12.9. The zero-order valence-corrected chi connectivity index (χ0v) is 10.6. The van der Waals surface area contributed by atoms with E-state index < -0.39 is 11.7 Å². The number of rotatable bonds is 2. The number of pyridine rings is 1. The summed E-state index contributed by atoms with van der Waals surface area (Å²) in [4.78, 5) is 3.92. The second-order valence-corrected chi connectivity index (χ2v) is 4.51. The number of hydrogen-bond acceptors (Lipinski definition) is 2. The standard InChI is InChI=1S/C12H8BrF3N2/c13-9-5-11(7-17-6-9)18-10-3-1-2-8(4-10)12(14,15)16/h1-7,18H. The van der Waals surface area contributed by atoms with Crippen molar-refractivity contribution in [3.63, 3.8) is 0 Å². The summed E-state index contributed by atoms with van der Waals surface area (Å²) >= 11 is 3.24. The molecule has 0 saturated carbocycles. The molecule has 0 radical (unpaired) electrons. The van der Waals surface area contributed by atoms with Crippen LogP contribution in [0.5, 0.6) is 0 Å². The van der Waals surface area contributed by atoms with Gasteiger partial charge in [-0.25, -0.2) is 0 Å². The maximum absolute atomic E-state index is 12.5. The van der Waals surface area contributed by atoms with E-state index in [1.165, 1.54) is 12.3 Å². The number of benzene rings is 1. The van der Waals surface area contributed by atoms with Gasteiger partial charge in [0, 0.05) is 16.4 Å². The Morgan fingerprint density at radius 3 is 2.50 bits per heavy atom. The minimum absolute atomic E-state index is 0.365. The Hall–Kier alpha value is -1.56. The Labute approximate surface area is 110 Å². The molecule has 18 heavy (non-hydrogen) atoms. The van der Waals surface area contributed by atoms with Gasteiger partial charge in [-0.05, 0) is 40.2 Å². The second kappa shape index (κ2) is 4.97. The van der Waals surface area contributed by atoms with E-state index in [2.05, 4.69) is 26.2 Å². The molecule has 1 N–H and O–H groups in total. The lowest BCUT2D eigenvalue weighted by Gasteiger charge is -2.10. The predicted molar refractivity (Wildman–Crippen MR) is 66.7 cm³/mol. The first-order valence-corrected chi connectivity index (χ1v) is 5.79. The van der Waals surface area contributed by atoms with E-state index in [0.29, 0.717) is 11.4 Å². The molecule has 1 heterocycles. The average Bonchev–Trinajstić information content (AvgIpc) is 2.28. The van der Waals surface area contributed by atoms with E-state index in [-0.39, 0.29) is 0 Å². The lowest BCUT2D eigenvalue weighted by Crippen LogP contribution is -2.05. The largest absolute Gasteiger partial charge is 0.416 e. The summed E-state index contributed by atoms with van der Waals surface area (Å²) in [7, 11) is 0. The second-order valence-electron chi connectivity index (χ2n) is 3.60. The summed E-state index contributed by atoms with van der Waals surface area (Å²) < 4.78 is 38.3.